The summed E-state index contributed by atoms with van der Waals surface area (Å²) >= 11 is 0. The Labute approximate surface area is 329 Å². The molecule has 0 bridgehead atoms. The van der Waals surface area contributed by atoms with Crippen LogP contribution in [0.15, 0.2) is 24.3 Å². The molecule has 1 unspecified atom stereocenters. The maximum absolute atomic E-state index is 12.6. The van der Waals surface area contributed by atoms with Crippen LogP contribution in [0.4, 0.5) is 0 Å². The summed E-state index contributed by atoms with van der Waals surface area (Å²) in [6.07, 6.45) is 38.5. The van der Waals surface area contributed by atoms with E-state index in [-0.39, 0.29) is 19.4 Å². The van der Waals surface area contributed by atoms with Crippen LogP contribution in [0.25, 0.3) is 0 Å². The lowest BCUT2D eigenvalue weighted by molar-refractivity contribution is -0.161. The molecule has 3 N–H and O–H groups in total. The lowest BCUT2D eigenvalue weighted by Crippen LogP contribution is -2.29. The molecule has 0 aromatic rings. The number of hydrogen-bond donors (Lipinski definition) is 3. The number of carbonyl (C=O) groups excluding carboxylic acids is 2. The van der Waals surface area contributed by atoms with E-state index in [9.17, 15) is 24.2 Å². The number of esters is 2. The topological polar surface area (TPSA) is 149 Å². The zero-order chi connectivity index (χ0) is 39.8. The van der Waals surface area contributed by atoms with Crippen molar-refractivity contribution in [3.63, 3.8) is 0 Å². The summed E-state index contributed by atoms with van der Waals surface area (Å²) in [6.45, 7) is 2.36. The Kier molecular flexibility index (Phi) is 38.5. The Morgan fingerprint density at radius 2 is 0.907 bits per heavy atom. The Balaban J connectivity index is 4.31. The van der Waals surface area contributed by atoms with Crippen LogP contribution in [0.1, 0.15) is 200 Å². The SMILES string of the molecule is CCCCCCCC/C=C\CCCCCCCC(=O)O[C@H](COC(=O)CCCCCCC/C=C\CCCCCCCCC)COP(=O)(O)OC[C@@H](O)CO. The van der Waals surface area contributed by atoms with Crippen LogP contribution in [0.3, 0.4) is 0 Å². The van der Waals surface area contributed by atoms with E-state index in [2.05, 4.69) is 42.7 Å². The summed E-state index contributed by atoms with van der Waals surface area (Å²) in [6, 6.07) is 0. The van der Waals surface area contributed by atoms with Gasteiger partial charge in [-0.2, -0.15) is 0 Å². The first kappa shape index (κ1) is 52.5. The van der Waals surface area contributed by atoms with E-state index in [0.717, 1.165) is 70.6 Å². The van der Waals surface area contributed by atoms with E-state index in [1.54, 1.807) is 0 Å². The van der Waals surface area contributed by atoms with Crippen LogP contribution in [0.2, 0.25) is 0 Å². The van der Waals surface area contributed by atoms with E-state index in [4.69, 9.17) is 19.1 Å². The van der Waals surface area contributed by atoms with Crippen molar-refractivity contribution in [3.05, 3.63) is 24.3 Å². The summed E-state index contributed by atoms with van der Waals surface area (Å²) in [5.41, 5.74) is 0. The van der Waals surface area contributed by atoms with Gasteiger partial charge >= 0.3 is 19.8 Å². The minimum Gasteiger partial charge on any atom is -0.462 e. The normalized spacial score (nSPS) is 14.1. The quantitative estimate of drug-likeness (QED) is 0.0236. The molecule has 0 aromatic heterocycles. The lowest BCUT2D eigenvalue weighted by atomic mass is 10.1. The van der Waals surface area contributed by atoms with Crippen molar-refractivity contribution >= 4 is 19.8 Å². The molecular weight excluding hydrogens is 707 g/mol. The third kappa shape index (κ3) is 38.7. The smallest absolute Gasteiger partial charge is 0.462 e. The highest BCUT2D eigenvalue weighted by molar-refractivity contribution is 7.47. The summed E-state index contributed by atoms with van der Waals surface area (Å²) in [7, 11) is -4.62. The van der Waals surface area contributed by atoms with Gasteiger partial charge in [0.2, 0.25) is 0 Å². The molecule has 0 saturated heterocycles. The molecule has 0 aliphatic carbocycles. The zero-order valence-corrected chi connectivity index (χ0v) is 35.3. The number of phosphoric acid groups is 1. The van der Waals surface area contributed by atoms with Gasteiger partial charge in [0, 0.05) is 12.8 Å². The summed E-state index contributed by atoms with van der Waals surface area (Å²) in [5.74, 6) is -0.939. The molecule has 0 amide bonds. The number of phosphoric ester groups is 1. The second kappa shape index (κ2) is 39.7. The van der Waals surface area contributed by atoms with Gasteiger partial charge in [0.05, 0.1) is 19.8 Å². The second-order valence-corrected chi connectivity index (χ2v) is 16.2. The summed E-state index contributed by atoms with van der Waals surface area (Å²) in [5, 5.41) is 18.3. The van der Waals surface area contributed by atoms with Crippen LogP contribution >= 0.6 is 7.82 Å². The number of rotatable bonds is 41. The highest BCUT2D eigenvalue weighted by Crippen LogP contribution is 2.43. The van der Waals surface area contributed by atoms with Crippen molar-refractivity contribution in [3.8, 4) is 0 Å². The van der Waals surface area contributed by atoms with E-state index in [1.807, 2.05) is 0 Å². The van der Waals surface area contributed by atoms with Crippen molar-refractivity contribution in [2.24, 2.45) is 0 Å². The largest absolute Gasteiger partial charge is 0.472 e. The molecule has 3 atom stereocenters. The molecule has 0 fully saturated rings. The summed E-state index contributed by atoms with van der Waals surface area (Å²) in [4.78, 5) is 35.0. The van der Waals surface area contributed by atoms with E-state index < -0.39 is 51.8 Å². The Bertz CT molecular complexity index is 957. The van der Waals surface area contributed by atoms with Gasteiger partial charge in [-0.1, -0.05) is 147 Å². The third-order valence-electron chi connectivity index (χ3n) is 9.33. The number of ether oxygens (including phenoxy) is 2. The second-order valence-electron chi connectivity index (χ2n) is 14.7. The van der Waals surface area contributed by atoms with Crippen molar-refractivity contribution in [2.45, 2.75) is 212 Å². The third-order valence-corrected chi connectivity index (χ3v) is 10.3. The number of aliphatic hydroxyl groups is 2. The van der Waals surface area contributed by atoms with Crippen LogP contribution < -0.4 is 0 Å². The lowest BCUT2D eigenvalue weighted by Gasteiger charge is -2.20. The number of carbonyl (C=O) groups is 2. The van der Waals surface area contributed by atoms with E-state index >= 15 is 0 Å². The average molecular weight is 789 g/mol. The van der Waals surface area contributed by atoms with E-state index in [0.29, 0.717) is 12.8 Å². The molecule has 0 aliphatic rings. The van der Waals surface area contributed by atoms with Gasteiger partial charge in [-0.3, -0.25) is 18.6 Å². The molecular formula is C43H81O10P. The molecule has 54 heavy (non-hydrogen) atoms. The fourth-order valence-corrected chi connectivity index (χ4v) is 6.71. The minimum atomic E-state index is -4.62. The zero-order valence-electron chi connectivity index (χ0n) is 34.4. The van der Waals surface area contributed by atoms with Crippen LogP contribution in [0.5, 0.6) is 0 Å². The average Bonchev–Trinajstić information content (AvgIpc) is 3.16. The Morgan fingerprint density at radius 3 is 1.33 bits per heavy atom. The van der Waals surface area contributed by atoms with Crippen molar-refractivity contribution in [2.75, 3.05) is 26.4 Å². The molecule has 0 aromatic carbocycles. The maximum atomic E-state index is 12.6. The summed E-state index contributed by atoms with van der Waals surface area (Å²) < 4.78 is 32.7. The molecule has 0 aliphatic heterocycles. The molecule has 10 nitrogen and oxygen atoms in total. The van der Waals surface area contributed by atoms with Crippen LogP contribution in [-0.2, 0) is 32.7 Å². The number of allylic oxidation sites excluding steroid dienone is 4. The maximum Gasteiger partial charge on any atom is 0.472 e. The van der Waals surface area contributed by atoms with Crippen molar-refractivity contribution in [1.29, 1.82) is 0 Å². The van der Waals surface area contributed by atoms with Crippen molar-refractivity contribution < 1.29 is 47.8 Å². The van der Waals surface area contributed by atoms with Crippen molar-refractivity contribution in [1.82, 2.24) is 0 Å². The van der Waals surface area contributed by atoms with Crippen LogP contribution in [0, 0.1) is 0 Å². The standard InChI is InChI=1S/C43H81O10P/c1-3-5-7-9-11-13-15-17-19-21-22-24-26-28-30-32-34-42(46)50-38-41(39-52-54(48,49)51-37-40(45)36-44)53-43(47)35-33-31-29-27-25-23-20-18-16-14-12-10-8-6-4-2/h18-21,40-41,44-45H,3-17,22-39H2,1-2H3,(H,48,49)/b20-18-,21-19-/t40-,41+/m0/s1. The number of unbranched alkanes of at least 4 members (excludes halogenated alkanes) is 23. The van der Waals surface area contributed by atoms with Gasteiger partial charge < -0.3 is 24.6 Å². The van der Waals surface area contributed by atoms with Gasteiger partial charge in [0.25, 0.3) is 0 Å². The predicted octanol–water partition coefficient (Wildman–Crippen LogP) is 11.4. The molecule has 0 radical (unpaired) electrons. The Hall–Kier alpha value is -1.55. The van der Waals surface area contributed by atoms with Gasteiger partial charge in [0.1, 0.15) is 12.7 Å². The predicted molar refractivity (Wildman–Crippen MR) is 219 cm³/mol. The number of aliphatic hydroxyl groups excluding tert-OH is 2. The highest BCUT2D eigenvalue weighted by atomic mass is 31.2. The molecule has 0 saturated carbocycles. The first-order chi connectivity index (χ1) is 26.2. The monoisotopic (exact) mass is 789 g/mol. The molecule has 0 rings (SSSR count). The van der Waals surface area contributed by atoms with Crippen LogP contribution in [-0.4, -0.2) is 65.7 Å². The first-order valence-electron chi connectivity index (χ1n) is 21.8. The fraction of sp³-hybridized carbons (Fsp3) is 0.860. The van der Waals surface area contributed by atoms with Gasteiger partial charge in [-0.25, -0.2) is 4.57 Å². The van der Waals surface area contributed by atoms with Gasteiger partial charge in [-0.15, -0.1) is 0 Å². The number of hydrogen-bond acceptors (Lipinski definition) is 9. The van der Waals surface area contributed by atoms with Gasteiger partial charge in [0.15, 0.2) is 6.10 Å². The molecule has 0 heterocycles. The Morgan fingerprint density at radius 1 is 0.537 bits per heavy atom. The minimum absolute atomic E-state index is 0.174. The van der Waals surface area contributed by atoms with Gasteiger partial charge in [-0.05, 0) is 64.2 Å². The highest BCUT2D eigenvalue weighted by Gasteiger charge is 2.27. The van der Waals surface area contributed by atoms with E-state index in [1.165, 1.54) is 89.9 Å². The molecule has 11 heteroatoms. The first-order valence-corrected chi connectivity index (χ1v) is 23.3. The molecule has 318 valence electrons. The molecule has 0 spiro atoms. The fourth-order valence-electron chi connectivity index (χ4n) is 5.92.